The van der Waals surface area contributed by atoms with Crippen molar-refractivity contribution in [2.24, 2.45) is 5.92 Å². The van der Waals surface area contributed by atoms with E-state index in [0.29, 0.717) is 23.6 Å². The van der Waals surface area contributed by atoms with Gasteiger partial charge in [-0.05, 0) is 25.0 Å². The molecular formula is C14H14F2N2O2. The standard InChI is InChI=1S/C14H14F2N2O2/c15-14(16)6-2-3-9(14)8-18-13(20)10-4-1-5-12(19)11(10)7-17-18/h1,4-5,7,9,19H,2-3,6,8H2. The summed E-state index contributed by atoms with van der Waals surface area (Å²) in [5.74, 6) is -3.61. The van der Waals surface area contributed by atoms with Gasteiger partial charge in [0, 0.05) is 17.7 Å². The van der Waals surface area contributed by atoms with Crippen molar-refractivity contribution < 1.29 is 13.9 Å². The van der Waals surface area contributed by atoms with E-state index in [2.05, 4.69) is 5.10 Å². The molecule has 0 bridgehead atoms. The fourth-order valence-corrected chi connectivity index (χ4v) is 2.76. The number of rotatable bonds is 2. The highest BCUT2D eigenvalue weighted by atomic mass is 19.3. The monoisotopic (exact) mass is 280 g/mol. The molecule has 4 nitrogen and oxygen atoms in total. The molecule has 0 radical (unpaired) electrons. The third-order valence-electron chi connectivity index (χ3n) is 3.93. The van der Waals surface area contributed by atoms with Crippen molar-refractivity contribution in [2.75, 3.05) is 0 Å². The molecule has 1 aliphatic rings. The van der Waals surface area contributed by atoms with Crippen molar-refractivity contribution in [3.8, 4) is 5.75 Å². The van der Waals surface area contributed by atoms with Crippen LogP contribution in [0.3, 0.4) is 0 Å². The van der Waals surface area contributed by atoms with Crippen molar-refractivity contribution in [1.82, 2.24) is 9.78 Å². The van der Waals surface area contributed by atoms with Crippen LogP contribution >= 0.6 is 0 Å². The van der Waals surface area contributed by atoms with Crippen LogP contribution in [0.2, 0.25) is 0 Å². The first-order valence-corrected chi connectivity index (χ1v) is 6.55. The molecule has 20 heavy (non-hydrogen) atoms. The summed E-state index contributed by atoms with van der Waals surface area (Å²) >= 11 is 0. The molecule has 0 amide bonds. The summed E-state index contributed by atoms with van der Waals surface area (Å²) < 4.78 is 28.3. The number of alkyl halides is 2. The van der Waals surface area contributed by atoms with Crippen molar-refractivity contribution in [3.63, 3.8) is 0 Å². The van der Waals surface area contributed by atoms with Gasteiger partial charge in [-0.1, -0.05) is 6.07 Å². The summed E-state index contributed by atoms with van der Waals surface area (Å²) in [5.41, 5.74) is -0.443. The maximum absolute atomic E-state index is 13.6. The molecule has 1 fully saturated rings. The lowest BCUT2D eigenvalue weighted by atomic mass is 10.1. The van der Waals surface area contributed by atoms with Crippen molar-refractivity contribution >= 4 is 10.8 Å². The van der Waals surface area contributed by atoms with Crippen LogP contribution in [0.15, 0.2) is 29.2 Å². The smallest absolute Gasteiger partial charge is 0.274 e. The lowest BCUT2D eigenvalue weighted by Crippen LogP contribution is -2.32. The molecule has 3 rings (SSSR count). The van der Waals surface area contributed by atoms with Gasteiger partial charge in [0.2, 0.25) is 0 Å². The van der Waals surface area contributed by atoms with Gasteiger partial charge >= 0.3 is 0 Å². The Bertz CT molecular complexity index is 712. The number of fused-ring (bicyclic) bond motifs is 1. The van der Waals surface area contributed by atoms with E-state index in [0.717, 1.165) is 4.68 Å². The third kappa shape index (κ3) is 2.05. The van der Waals surface area contributed by atoms with E-state index in [1.165, 1.54) is 12.3 Å². The molecular weight excluding hydrogens is 266 g/mol. The number of nitrogens with zero attached hydrogens (tertiary/aromatic N) is 2. The Morgan fingerprint density at radius 2 is 2.20 bits per heavy atom. The fourth-order valence-electron chi connectivity index (χ4n) is 2.76. The summed E-state index contributed by atoms with van der Waals surface area (Å²) in [7, 11) is 0. The molecule has 1 atom stereocenters. The van der Waals surface area contributed by atoms with Crippen LogP contribution in [-0.4, -0.2) is 20.8 Å². The topological polar surface area (TPSA) is 55.1 Å². The molecule has 1 aliphatic carbocycles. The van der Waals surface area contributed by atoms with Gasteiger partial charge in [0.25, 0.3) is 11.5 Å². The molecule has 2 aromatic rings. The molecule has 1 aromatic heterocycles. The second kappa shape index (κ2) is 4.54. The third-order valence-corrected chi connectivity index (χ3v) is 3.93. The Morgan fingerprint density at radius 1 is 1.40 bits per heavy atom. The van der Waals surface area contributed by atoms with E-state index < -0.39 is 17.4 Å². The zero-order valence-corrected chi connectivity index (χ0v) is 10.7. The number of aromatic hydroxyl groups is 1. The van der Waals surface area contributed by atoms with Crippen molar-refractivity contribution in [2.45, 2.75) is 31.7 Å². The molecule has 1 N–H and O–H groups in total. The number of hydrogen-bond donors (Lipinski definition) is 1. The lowest BCUT2D eigenvalue weighted by Gasteiger charge is -2.19. The normalized spacial score (nSPS) is 21.4. The molecule has 0 saturated heterocycles. The highest BCUT2D eigenvalue weighted by Crippen LogP contribution is 2.40. The van der Waals surface area contributed by atoms with Gasteiger partial charge < -0.3 is 5.11 Å². The van der Waals surface area contributed by atoms with Gasteiger partial charge in [-0.3, -0.25) is 4.79 Å². The average molecular weight is 280 g/mol. The van der Waals surface area contributed by atoms with Gasteiger partial charge in [0.15, 0.2) is 0 Å². The number of aromatic nitrogens is 2. The second-order valence-corrected chi connectivity index (χ2v) is 5.22. The van der Waals surface area contributed by atoms with E-state index in [1.807, 2.05) is 0 Å². The summed E-state index contributed by atoms with van der Waals surface area (Å²) in [6, 6.07) is 4.56. The molecule has 106 valence electrons. The number of phenols is 1. The Kier molecular flexibility index (Phi) is 2.96. The van der Waals surface area contributed by atoms with E-state index in [9.17, 15) is 18.7 Å². The summed E-state index contributed by atoms with van der Waals surface area (Å²) in [6.45, 7) is -0.0859. The quantitative estimate of drug-likeness (QED) is 0.919. The number of phenolic OH excluding ortho intramolecular Hbond substituents is 1. The first kappa shape index (κ1) is 13.0. The Morgan fingerprint density at radius 3 is 2.90 bits per heavy atom. The lowest BCUT2D eigenvalue weighted by molar-refractivity contribution is -0.0436. The Balaban J connectivity index is 2.01. The van der Waals surface area contributed by atoms with E-state index in [4.69, 9.17) is 0 Å². The zero-order chi connectivity index (χ0) is 14.3. The largest absolute Gasteiger partial charge is 0.507 e. The number of hydrogen-bond acceptors (Lipinski definition) is 3. The molecule has 1 unspecified atom stereocenters. The summed E-state index contributed by atoms with van der Waals surface area (Å²) in [5, 5.41) is 14.2. The number of halogens is 2. The minimum absolute atomic E-state index is 0.0366. The van der Waals surface area contributed by atoms with Crippen LogP contribution in [0, 0.1) is 5.92 Å². The van der Waals surface area contributed by atoms with Crippen molar-refractivity contribution in [1.29, 1.82) is 0 Å². The maximum atomic E-state index is 13.6. The van der Waals surface area contributed by atoms with Crippen LogP contribution in [0.25, 0.3) is 10.8 Å². The Hall–Kier alpha value is -1.98. The molecule has 1 aromatic carbocycles. The summed E-state index contributed by atoms with van der Waals surface area (Å²) in [4.78, 5) is 12.2. The van der Waals surface area contributed by atoms with Crippen LogP contribution < -0.4 is 5.56 Å². The minimum atomic E-state index is -2.73. The van der Waals surface area contributed by atoms with Gasteiger partial charge in [-0.15, -0.1) is 0 Å². The SMILES string of the molecule is O=c1c2cccc(O)c2cnn1CC1CCCC1(F)F. The minimum Gasteiger partial charge on any atom is -0.507 e. The molecule has 0 spiro atoms. The second-order valence-electron chi connectivity index (χ2n) is 5.22. The first-order chi connectivity index (χ1) is 9.49. The number of benzene rings is 1. The van der Waals surface area contributed by atoms with E-state index >= 15 is 0 Å². The Labute approximate surface area is 113 Å². The van der Waals surface area contributed by atoms with Crippen LogP contribution in [0.1, 0.15) is 19.3 Å². The molecule has 0 aliphatic heterocycles. The van der Waals surface area contributed by atoms with Crippen LogP contribution in [-0.2, 0) is 6.54 Å². The first-order valence-electron chi connectivity index (χ1n) is 6.55. The van der Waals surface area contributed by atoms with E-state index in [-0.39, 0.29) is 18.7 Å². The molecule has 6 heteroatoms. The van der Waals surface area contributed by atoms with Gasteiger partial charge in [0.1, 0.15) is 5.75 Å². The molecule has 1 saturated carbocycles. The predicted molar refractivity (Wildman–Crippen MR) is 70.0 cm³/mol. The van der Waals surface area contributed by atoms with E-state index in [1.54, 1.807) is 12.1 Å². The maximum Gasteiger partial charge on any atom is 0.274 e. The van der Waals surface area contributed by atoms with Gasteiger partial charge in [-0.25, -0.2) is 13.5 Å². The zero-order valence-electron chi connectivity index (χ0n) is 10.7. The fraction of sp³-hybridized carbons (Fsp3) is 0.429. The highest BCUT2D eigenvalue weighted by Gasteiger charge is 2.44. The van der Waals surface area contributed by atoms with Gasteiger partial charge in [-0.2, -0.15) is 5.10 Å². The average Bonchev–Trinajstić information content (AvgIpc) is 2.73. The molecule has 1 heterocycles. The predicted octanol–water partition coefficient (Wildman–Crippen LogP) is 2.54. The van der Waals surface area contributed by atoms with Crippen molar-refractivity contribution in [3.05, 3.63) is 34.7 Å². The highest BCUT2D eigenvalue weighted by molar-refractivity contribution is 5.86. The van der Waals surface area contributed by atoms with Crippen LogP contribution in [0.5, 0.6) is 5.75 Å². The van der Waals surface area contributed by atoms with Crippen LogP contribution in [0.4, 0.5) is 8.78 Å². The summed E-state index contributed by atoms with van der Waals surface area (Å²) in [6.07, 6.45) is 2.10. The van der Waals surface area contributed by atoms with Gasteiger partial charge in [0.05, 0.1) is 18.1 Å².